The van der Waals surface area contributed by atoms with Crippen molar-refractivity contribution in [2.45, 2.75) is 19.8 Å². The highest BCUT2D eigenvalue weighted by Gasteiger charge is 2.31. The Hall–Kier alpha value is -3.39. The van der Waals surface area contributed by atoms with Crippen LogP contribution in [-0.4, -0.2) is 60.6 Å². The van der Waals surface area contributed by atoms with Crippen LogP contribution in [0, 0.1) is 17.2 Å². The molecule has 0 bridgehead atoms. The summed E-state index contributed by atoms with van der Waals surface area (Å²) in [6, 6.07) is 12.5. The molecule has 0 aliphatic carbocycles. The van der Waals surface area contributed by atoms with E-state index in [1.54, 1.807) is 30.3 Å². The minimum absolute atomic E-state index is 0.0970. The summed E-state index contributed by atoms with van der Waals surface area (Å²) in [5, 5.41) is 20.8. The fourth-order valence-corrected chi connectivity index (χ4v) is 4.42. The van der Waals surface area contributed by atoms with Crippen molar-refractivity contribution in [2.75, 3.05) is 38.2 Å². The Morgan fingerprint density at radius 2 is 1.85 bits per heavy atom. The molecule has 8 heteroatoms. The largest absolute Gasteiger partial charge is 0.493 e. The Morgan fingerprint density at radius 3 is 2.52 bits per heavy atom. The van der Waals surface area contributed by atoms with Crippen molar-refractivity contribution in [1.82, 2.24) is 4.90 Å². The highest BCUT2D eigenvalue weighted by atomic mass is 16.5. The number of anilines is 1. The monoisotopic (exact) mass is 451 g/mol. The molecule has 2 aromatic rings. The molecule has 2 aliphatic heterocycles. The van der Waals surface area contributed by atoms with Gasteiger partial charge in [-0.1, -0.05) is 19.1 Å². The lowest BCUT2D eigenvalue weighted by Crippen LogP contribution is -2.40. The van der Waals surface area contributed by atoms with Crippen LogP contribution in [0.15, 0.2) is 42.5 Å². The fraction of sp³-hybridized carbons (Fsp3) is 0.400. The predicted molar refractivity (Wildman–Crippen MR) is 124 cm³/mol. The van der Waals surface area contributed by atoms with Crippen molar-refractivity contribution in [3.8, 4) is 5.75 Å². The number of ether oxygens (including phenoxy) is 2. The predicted octanol–water partition coefficient (Wildman–Crippen LogP) is 3.26. The number of morpholine rings is 1. The highest BCUT2D eigenvalue weighted by molar-refractivity contribution is 6.05. The van der Waals surface area contributed by atoms with Crippen LogP contribution in [0.3, 0.4) is 0 Å². The third-order valence-corrected chi connectivity index (χ3v) is 6.33. The number of carboxylic acids is 1. The van der Waals surface area contributed by atoms with E-state index in [1.807, 2.05) is 24.0 Å². The third kappa shape index (κ3) is 5.17. The van der Waals surface area contributed by atoms with Gasteiger partial charge in [-0.2, -0.15) is 0 Å². The standard InChI is InChI=1S/C25H29N3O5/c1-2-21(25(30)31)19-13-18-14-20(7-8-22(18)33-15-19)27-24(29)17-5-3-16(4-6-17)23(26)28-9-11-32-12-10-28/h3-8,14,19,21,26H,2,9-13,15H2,1H3,(H,27,29)(H,30,31)/t19?,21-/m0/s1. The molecule has 174 valence electrons. The molecule has 8 nitrogen and oxygen atoms in total. The Labute approximate surface area is 193 Å². The van der Waals surface area contributed by atoms with Gasteiger partial charge in [0.05, 0.1) is 25.7 Å². The van der Waals surface area contributed by atoms with Gasteiger partial charge in [0.15, 0.2) is 0 Å². The number of carbonyl (C=O) groups is 2. The Kier molecular flexibility index (Phi) is 6.93. The number of hydrogen-bond donors (Lipinski definition) is 3. The number of nitrogens with zero attached hydrogens (tertiary/aromatic N) is 1. The summed E-state index contributed by atoms with van der Waals surface area (Å²) in [5.74, 6) is -0.433. The molecule has 1 amide bonds. The molecule has 2 aromatic carbocycles. The number of amides is 1. The van der Waals surface area contributed by atoms with Gasteiger partial charge in [0.2, 0.25) is 0 Å². The normalized spacial score (nSPS) is 18.6. The van der Waals surface area contributed by atoms with E-state index < -0.39 is 11.9 Å². The first-order valence-corrected chi connectivity index (χ1v) is 11.3. The van der Waals surface area contributed by atoms with Crippen LogP contribution in [0.25, 0.3) is 0 Å². The second kappa shape index (κ2) is 10.0. The van der Waals surface area contributed by atoms with E-state index in [4.69, 9.17) is 14.9 Å². The van der Waals surface area contributed by atoms with Crippen molar-refractivity contribution >= 4 is 23.4 Å². The summed E-state index contributed by atoms with van der Waals surface area (Å²) in [4.78, 5) is 26.3. The number of carbonyl (C=O) groups excluding carboxylic acids is 1. The van der Waals surface area contributed by atoms with Gasteiger partial charge in [0.25, 0.3) is 5.91 Å². The minimum atomic E-state index is -0.802. The van der Waals surface area contributed by atoms with E-state index in [0.29, 0.717) is 62.8 Å². The molecular formula is C25H29N3O5. The summed E-state index contributed by atoms with van der Waals surface area (Å²) in [5.41, 5.74) is 2.79. The van der Waals surface area contributed by atoms with E-state index in [-0.39, 0.29) is 11.8 Å². The summed E-state index contributed by atoms with van der Waals surface area (Å²) in [7, 11) is 0. The average Bonchev–Trinajstić information content (AvgIpc) is 2.84. The van der Waals surface area contributed by atoms with Crippen LogP contribution in [-0.2, 0) is 16.0 Å². The zero-order chi connectivity index (χ0) is 23.4. The molecule has 0 radical (unpaired) electrons. The summed E-state index contributed by atoms with van der Waals surface area (Å²) < 4.78 is 11.1. The SMILES string of the molecule is CC[C@H](C(=O)O)C1COc2ccc(NC(=O)c3ccc(C(=N)N4CCOCC4)cc3)cc2C1. The highest BCUT2D eigenvalue weighted by Crippen LogP contribution is 2.33. The lowest BCUT2D eigenvalue weighted by molar-refractivity contribution is -0.144. The number of nitrogens with one attached hydrogen (secondary N) is 2. The number of amidine groups is 1. The van der Waals surface area contributed by atoms with Gasteiger partial charge in [-0.05, 0) is 48.7 Å². The molecular weight excluding hydrogens is 422 g/mol. The zero-order valence-corrected chi connectivity index (χ0v) is 18.7. The maximum atomic E-state index is 12.8. The van der Waals surface area contributed by atoms with Gasteiger partial charge < -0.3 is 24.8 Å². The van der Waals surface area contributed by atoms with Crippen LogP contribution >= 0.6 is 0 Å². The van der Waals surface area contributed by atoms with E-state index >= 15 is 0 Å². The molecule has 2 heterocycles. The molecule has 1 saturated heterocycles. The van der Waals surface area contributed by atoms with Crippen LogP contribution < -0.4 is 10.1 Å². The summed E-state index contributed by atoms with van der Waals surface area (Å²) >= 11 is 0. The van der Waals surface area contributed by atoms with Crippen molar-refractivity contribution in [1.29, 1.82) is 5.41 Å². The molecule has 33 heavy (non-hydrogen) atoms. The lowest BCUT2D eigenvalue weighted by Gasteiger charge is -2.29. The molecule has 3 N–H and O–H groups in total. The maximum absolute atomic E-state index is 12.8. The van der Waals surface area contributed by atoms with Crippen molar-refractivity contribution in [3.05, 3.63) is 59.2 Å². The van der Waals surface area contributed by atoms with E-state index in [2.05, 4.69) is 5.32 Å². The second-order valence-corrected chi connectivity index (χ2v) is 8.43. The second-order valence-electron chi connectivity index (χ2n) is 8.43. The minimum Gasteiger partial charge on any atom is -0.493 e. The molecule has 0 spiro atoms. The fourth-order valence-electron chi connectivity index (χ4n) is 4.42. The first-order valence-electron chi connectivity index (χ1n) is 11.3. The first kappa shape index (κ1) is 22.8. The Bertz CT molecular complexity index is 1030. The van der Waals surface area contributed by atoms with Gasteiger partial charge in [0, 0.05) is 35.8 Å². The van der Waals surface area contributed by atoms with Gasteiger partial charge in [-0.3, -0.25) is 15.0 Å². The van der Waals surface area contributed by atoms with Crippen LogP contribution in [0.1, 0.15) is 34.8 Å². The van der Waals surface area contributed by atoms with Crippen molar-refractivity contribution < 1.29 is 24.2 Å². The lowest BCUT2D eigenvalue weighted by atomic mass is 9.84. The van der Waals surface area contributed by atoms with Crippen LogP contribution in [0.5, 0.6) is 5.75 Å². The quantitative estimate of drug-likeness (QED) is 0.459. The molecule has 0 saturated carbocycles. The molecule has 0 aromatic heterocycles. The molecule has 2 atom stereocenters. The first-order chi connectivity index (χ1) is 16.0. The Morgan fingerprint density at radius 1 is 1.15 bits per heavy atom. The van der Waals surface area contributed by atoms with Crippen LogP contribution in [0.2, 0.25) is 0 Å². The van der Waals surface area contributed by atoms with Crippen molar-refractivity contribution in [3.63, 3.8) is 0 Å². The number of aliphatic carboxylic acids is 1. The molecule has 1 fully saturated rings. The average molecular weight is 452 g/mol. The van der Waals surface area contributed by atoms with E-state index in [9.17, 15) is 14.7 Å². The smallest absolute Gasteiger partial charge is 0.306 e. The maximum Gasteiger partial charge on any atom is 0.306 e. The van der Waals surface area contributed by atoms with Crippen LogP contribution in [0.4, 0.5) is 5.69 Å². The van der Waals surface area contributed by atoms with Gasteiger partial charge in [-0.25, -0.2) is 0 Å². The number of benzene rings is 2. The van der Waals surface area contributed by atoms with Crippen molar-refractivity contribution in [2.24, 2.45) is 11.8 Å². The summed E-state index contributed by atoms with van der Waals surface area (Å²) in [6.45, 7) is 4.87. The van der Waals surface area contributed by atoms with E-state index in [0.717, 1.165) is 16.9 Å². The third-order valence-electron chi connectivity index (χ3n) is 6.33. The number of carboxylic acid groups (broad SMARTS) is 1. The topological polar surface area (TPSA) is 112 Å². The number of hydrogen-bond acceptors (Lipinski definition) is 5. The molecule has 1 unspecified atom stereocenters. The Balaban J connectivity index is 1.42. The van der Waals surface area contributed by atoms with Gasteiger partial charge in [-0.15, -0.1) is 0 Å². The number of rotatable bonds is 6. The zero-order valence-electron chi connectivity index (χ0n) is 18.7. The summed E-state index contributed by atoms with van der Waals surface area (Å²) in [6.07, 6.45) is 1.15. The molecule has 2 aliphatic rings. The van der Waals surface area contributed by atoms with Gasteiger partial charge in [0.1, 0.15) is 11.6 Å². The van der Waals surface area contributed by atoms with Gasteiger partial charge >= 0.3 is 5.97 Å². The molecule has 4 rings (SSSR count). The van der Waals surface area contributed by atoms with E-state index in [1.165, 1.54) is 0 Å². The number of fused-ring (bicyclic) bond motifs is 1.